The number of pyridine rings is 1. The molecule has 1 saturated heterocycles. The normalized spacial score (nSPS) is 15.9. The van der Waals surface area contributed by atoms with Gasteiger partial charge in [0.05, 0.1) is 26.0 Å². The first-order valence-electron chi connectivity index (χ1n) is 10.1. The van der Waals surface area contributed by atoms with Crippen LogP contribution < -0.4 is 19.7 Å². The topological polar surface area (TPSA) is 89.7 Å². The van der Waals surface area contributed by atoms with Crippen molar-refractivity contribution in [2.45, 2.75) is 18.9 Å². The third-order valence-electron chi connectivity index (χ3n) is 5.40. The highest BCUT2D eigenvalue weighted by atomic mass is 16.5. The minimum absolute atomic E-state index is 0.177. The lowest BCUT2D eigenvalue weighted by molar-refractivity contribution is 0.395. The van der Waals surface area contributed by atoms with Gasteiger partial charge in [-0.25, -0.2) is 9.50 Å². The maximum absolute atomic E-state index is 5.35. The van der Waals surface area contributed by atoms with Crippen LogP contribution in [-0.2, 0) is 0 Å². The van der Waals surface area contributed by atoms with Crippen molar-refractivity contribution in [1.29, 1.82) is 0 Å². The van der Waals surface area contributed by atoms with Gasteiger partial charge < -0.3 is 19.7 Å². The fourth-order valence-corrected chi connectivity index (χ4v) is 3.97. The summed E-state index contributed by atoms with van der Waals surface area (Å²) in [5.41, 5.74) is 2.52. The Labute approximate surface area is 179 Å². The molecule has 1 N–H and O–H groups in total. The fourth-order valence-electron chi connectivity index (χ4n) is 3.97. The molecular formula is C22H23N7O2. The van der Waals surface area contributed by atoms with Crippen LogP contribution in [0.2, 0.25) is 0 Å². The summed E-state index contributed by atoms with van der Waals surface area (Å²) in [5, 5.41) is 7.82. The third kappa shape index (κ3) is 3.70. The van der Waals surface area contributed by atoms with Crippen molar-refractivity contribution in [3.05, 3.63) is 60.7 Å². The van der Waals surface area contributed by atoms with Crippen molar-refractivity contribution in [1.82, 2.24) is 24.6 Å². The SMILES string of the molecule is COc1cc(Nc2nc3c(N4CCCC4c4ccccn4)nccn3n2)cc(OC)c1. The van der Waals surface area contributed by atoms with Crippen molar-refractivity contribution in [3.8, 4) is 11.5 Å². The Balaban J connectivity index is 1.49. The van der Waals surface area contributed by atoms with Crippen LogP contribution in [0.5, 0.6) is 11.5 Å². The predicted molar refractivity (Wildman–Crippen MR) is 117 cm³/mol. The first-order valence-corrected chi connectivity index (χ1v) is 10.1. The molecule has 4 heterocycles. The maximum Gasteiger partial charge on any atom is 0.247 e. The molecule has 1 atom stereocenters. The molecule has 9 heteroatoms. The van der Waals surface area contributed by atoms with Crippen LogP contribution in [0.3, 0.4) is 0 Å². The van der Waals surface area contributed by atoms with Gasteiger partial charge in [-0.2, -0.15) is 4.98 Å². The van der Waals surface area contributed by atoms with Crippen LogP contribution in [0, 0.1) is 0 Å². The molecule has 1 aliphatic heterocycles. The van der Waals surface area contributed by atoms with E-state index < -0.39 is 0 Å². The van der Waals surface area contributed by atoms with Crippen LogP contribution in [0.15, 0.2) is 55.0 Å². The molecule has 0 amide bonds. The zero-order chi connectivity index (χ0) is 21.2. The number of rotatable bonds is 6. The number of nitrogens with zero attached hydrogens (tertiary/aromatic N) is 6. The molecule has 31 heavy (non-hydrogen) atoms. The predicted octanol–water partition coefficient (Wildman–Crippen LogP) is 3.62. The molecule has 1 aromatic carbocycles. The quantitative estimate of drug-likeness (QED) is 0.509. The number of methoxy groups -OCH3 is 2. The largest absolute Gasteiger partial charge is 0.497 e. The summed E-state index contributed by atoms with van der Waals surface area (Å²) in [4.78, 5) is 16.2. The molecule has 1 unspecified atom stereocenters. The van der Waals surface area contributed by atoms with E-state index in [1.165, 1.54) is 0 Å². The van der Waals surface area contributed by atoms with Gasteiger partial charge in [0.25, 0.3) is 0 Å². The van der Waals surface area contributed by atoms with Gasteiger partial charge in [0.15, 0.2) is 11.5 Å². The summed E-state index contributed by atoms with van der Waals surface area (Å²) in [5.74, 6) is 2.64. The van der Waals surface area contributed by atoms with Crippen molar-refractivity contribution in [2.75, 3.05) is 31.0 Å². The molecule has 0 radical (unpaired) electrons. The second-order valence-corrected chi connectivity index (χ2v) is 7.29. The number of anilines is 3. The molecule has 4 aromatic rings. The van der Waals surface area contributed by atoms with E-state index in [2.05, 4.69) is 31.3 Å². The monoisotopic (exact) mass is 417 g/mol. The van der Waals surface area contributed by atoms with Crippen LogP contribution in [0.4, 0.5) is 17.5 Å². The Morgan fingerprint density at radius 1 is 1.03 bits per heavy atom. The van der Waals surface area contributed by atoms with Gasteiger partial charge in [-0.3, -0.25) is 4.98 Å². The summed E-state index contributed by atoms with van der Waals surface area (Å²) in [6.07, 6.45) is 7.49. The molecule has 0 spiro atoms. The average molecular weight is 417 g/mol. The average Bonchev–Trinajstić information content (AvgIpc) is 3.46. The van der Waals surface area contributed by atoms with E-state index in [-0.39, 0.29) is 6.04 Å². The van der Waals surface area contributed by atoms with E-state index in [0.717, 1.165) is 36.6 Å². The Morgan fingerprint density at radius 3 is 2.61 bits per heavy atom. The minimum Gasteiger partial charge on any atom is -0.497 e. The van der Waals surface area contributed by atoms with Crippen molar-refractivity contribution in [3.63, 3.8) is 0 Å². The summed E-state index contributed by atoms with van der Waals surface area (Å²) in [6.45, 7) is 0.899. The second kappa shape index (κ2) is 8.10. The number of hydrogen-bond acceptors (Lipinski definition) is 8. The number of ether oxygens (including phenoxy) is 2. The van der Waals surface area contributed by atoms with Crippen molar-refractivity contribution < 1.29 is 9.47 Å². The Kier molecular flexibility index (Phi) is 4.99. The van der Waals surface area contributed by atoms with Gasteiger partial charge in [0, 0.05) is 49.0 Å². The minimum atomic E-state index is 0.177. The molecule has 158 valence electrons. The summed E-state index contributed by atoms with van der Waals surface area (Å²) in [6, 6.07) is 11.7. The van der Waals surface area contributed by atoms with Crippen molar-refractivity contribution >= 4 is 23.1 Å². The maximum atomic E-state index is 5.35. The molecule has 5 rings (SSSR count). The fraction of sp³-hybridized carbons (Fsp3) is 0.273. The molecule has 9 nitrogen and oxygen atoms in total. The van der Waals surface area contributed by atoms with E-state index in [9.17, 15) is 0 Å². The Bertz CT molecular complexity index is 1170. The summed E-state index contributed by atoms with van der Waals surface area (Å²) >= 11 is 0. The van der Waals surface area contributed by atoms with Gasteiger partial charge in [-0.1, -0.05) is 6.07 Å². The Morgan fingerprint density at radius 2 is 1.87 bits per heavy atom. The highest BCUT2D eigenvalue weighted by Crippen LogP contribution is 2.36. The standard InChI is InChI=1S/C22H23N7O2/c1-30-16-12-15(13-17(14-16)31-2)25-22-26-21-20(24-9-11-29(21)27-22)28-10-5-7-19(28)18-6-3-4-8-23-18/h3-4,6,8-9,11-14,19H,5,7,10H2,1-2H3,(H,25,27). The number of fused-ring (bicyclic) bond motifs is 1. The number of benzene rings is 1. The summed E-state index contributed by atoms with van der Waals surface area (Å²) < 4.78 is 12.4. The number of aromatic nitrogens is 5. The van der Waals surface area contributed by atoms with Gasteiger partial charge >= 0.3 is 0 Å². The molecule has 0 aliphatic carbocycles. The third-order valence-corrected chi connectivity index (χ3v) is 5.40. The van der Waals surface area contributed by atoms with Gasteiger partial charge in [0.2, 0.25) is 5.95 Å². The van der Waals surface area contributed by atoms with Crippen LogP contribution in [-0.4, -0.2) is 45.3 Å². The number of nitrogens with one attached hydrogen (secondary N) is 1. The smallest absolute Gasteiger partial charge is 0.247 e. The van der Waals surface area contributed by atoms with Crippen molar-refractivity contribution in [2.24, 2.45) is 0 Å². The molecule has 0 bridgehead atoms. The van der Waals surface area contributed by atoms with E-state index in [1.807, 2.05) is 36.5 Å². The highest BCUT2D eigenvalue weighted by molar-refractivity contribution is 5.68. The summed E-state index contributed by atoms with van der Waals surface area (Å²) in [7, 11) is 3.24. The van der Waals surface area contributed by atoms with E-state index in [1.54, 1.807) is 31.1 Å². The Hall–Kier alpha value is -3.88. The van der Waals surface area contributed by atoms with Crippen LogP contribution in [0.25, 0.3) is 5.65 Å². The lowest BCUT2D eigenvalue weighted by Gasteiger charge is -2.25. The second-order valence-electron chi connectivity index (χ2n) is 7.29. The highest BCUT2D eigenvalue weighted by Gasteiger charge is 2.30. The molecule has 3 aromatic heterocycles. The molecule has 1 fully saturated rings. The molecular weight excluding hydrogens is 394 g/mol. The lowest BCUT2D eigenvalue weighted by atomic mass is 10.1. The molecule has 0 saturated carbocycles. The van der Waals surface area contributed by atoms with Crippen LogP contribution >= 0.6 is 0 Å². The lowest BCUT2D eigenvalue weighted by Crippen LogP contribution is -2.25. The first-order chi connectivity index (χ1) is 15.2. The zero-order valence-corrected chi connectivity index (χ0v) is 17.4. The van der Waals surface area contributed by atoms with Gasteiger partial charge in [-0.15, -0.1) is 5.10 Å². The number of hydrogen-bond donors (Lipinski definition) is 1. The zero-order valence-electron chi connectivity index (χ0n) is 17.4. The van der Waals surface area contributed by atoms with E-state index >= 15 is 0 Å². The first kappa shape index (κ1) is 19.1. The van der Waals surface area contributed by atoms with E-state index in [0.29, 0.717) is 23.1 Å². The van der Waals surface area contributed by atoms with Gasteiger partial charge in [0.1, 0.15) is 11.5 Å². The van der Waals surface area contributed by atoms with E-state index in [4.69, 9.17) is 14.5 Å². The van der Waals surface area contributed by atoms with Gasteiger partial charge in [-0.05, 0) is 25.0 Å². The van der Waals surface area contributed by atoms with Crippen LogP contribution in [0.1, 0.15) is 24.6 Å². The molecule has 1 aliphatic rings.